The van der Waals surface area contributed by atoms with E-state index < -0.39 is 0 Å². The average Bonchev–Trinajstić information content (AvgIpc) is 2.75. The predicted molar refractivity (Wildman–Crippen MR) is 90.1 cm³/mol. The molecule has 0 bridgehead atoms. The molecule has 1 fully saturated rings. The Labute approximate surface area is 137 Å². The molecular weight excluding hydrogens is 290 g/mol. The highest BCUT2D eigenvalue weighted by atomic mass is 16.3. The van der Waals surface area contributed by atoms with E-state index in [1.807, 2.05) is 30.9 Å². The van der Waals surface area contributed by atoms with Crippen molar-refractivity contribution in [2.45, 2.75) is 33.7 Å². The summed E-state index contributed by atoms with van der Waals surface area (Å²) in [7, 11) is 0. The Hall–Kier alpha value is -1.88. The van der Waals surface area contributed by atoms with Crippen LogP contribution in [-0.4, -0.2) is 46.9 Å². The highest BCUT2D eigenvalue weighted by Crippen LogP contribution is 2.18. The van der Waals surface area contributed by atoms with Crippen molar-refractivity contribution >= 4 is 17.0 Å². The standard InChI is InChI=1S/C18H25N3O2/c1-13(2)18(22)21-8-4-7-20(9-10-21)12-17-19-15-6-5-14(3)11-16(15)23-17/h5-6,11,13H,4,7-10,12H2,1-3H3. The van der Waals surface area contributed by atoms with Gasteiger partial charge in [0.15, 0.2) is 5.58 Å². The second-order valence-electron chi connectivity index (χ2n) is 6.69. The fourth-order valence-corrected chi connectivity index (χ4v) is 3.05. The highest BCUT2D eigenvalue weighted by Gasteiger charge is 2.21. The average molecular weight is 315 g/mol. The molecule has 5 nitrogen and oxygen atoms in total. The summed E-state index contributed by atoms with van der Waals surface area (Å²) in [5.41, 5.74) is 2.95. The summed E-state index contributed by atoms with van der Waals surface area (Å²) < 4.78 is 5.87. The molecule has 0 aliphatic carbocycles. The number of amides is 1. The van der Waals surface area contributed by atoms with Gasteiger partial charge in [-0.15, -0.1) is 0 Å². The van der Waals surface area contributed by atoms with Gasteiger partial charge in [-0.25, -0.2) is 4.98 Å². The Balaban J connectivity index is 1.64. The number of fused-ring (bicyclic) bond motifs is 1. The maximum Gasteiger partial charge on any atom is 0.225 e. The summed E-state index contributed by atoms with van der Waals surface area (Å²) >= 11 is 0. The Morgan fingerprint density at radius 2 is 2.09 bits per heavy atom. The number of oxazole rings is 1. The molecule has 1 aromatic carbocycles. The van der Waals surface area contributed by atoms with Crippen molar-refractivity contribution in [1.82, 2.24) is 14.8 Å². The van der Waals surface area contributed by atoms with Crippen molar-refractivity contribution in [3.63, 3.8) is 0 Å². The Morgan fingerprint density at radius 1 is 1.26 bits per heavy atom. The molecule has 1 aliphatic heterocycles. The van der Waals surface area contributed by atoms with Crippen molar-refractivity contribution < 1.29 is 9.21 Å². The molecule has 5 heteroatoms. The number of rotatable bonds is 3. The summed E-state index contributed by atoms with van der Waals surface area (Å²) in [6.07, 6.45) is 0.998. The largest absolute Gasteiger partial charge is 0.439 e. The van der Waals surface area contributed by atoms with Crippen LogP contribution >= 0.6 is 0 Å². The molecule has 0 N–H and O–H groups in total. The van der Waals surface area contributed by atoms with Crippen LogP contribution in [0.2, 0.25) is 0 Å². The van der Waals surface area contributed by atoms with Crippen molar-refractivity contribution in [2.24, 2.45) is 5.92 Å². The zero-order chi connectivity index (χ0) is 16.4. The summed E-state index contributed by atoms with van der Waals surface area (Å²) in [6, 6.07) is 6.08. The molecule has 1 aromatic heterocycles. The first-order valence-corrected chi connectivity index (χ1v) is 8.40. The topological polar surface area (TPSA) is 49.6 Å². The minimum Gasteiger partial charge on any atom is -0.439 e. The van der Waals surface area contributed by atoms with E-state index >= 15 is 0 Å². The molecule has 1 saturated heterocycles. The Kier molecular flexibility index (Phi) is 4.66. The number of aryl methyl sites for hydroxylation is 1. The lowest BCUT2D eigenvalue weighted by Crippen LogP contribution is -2.37. The van der Waals surface area contributed by atoms with Gasteiger partial charge in [-0.2, -0.15) is 0 Å². The van der Waals surface area contributed by atoms with Crippen molar-refractivity contribution in [1.29, 1.82) is 0 Å². The van der Waals surface area contributed by atoms with E-state index in [0.717, 1.165) is 49.6 Å². The molecule has 0 saturated carbocycles. The van der Waals surface area contributed by atoms with Gasteiger partial charge in [0, 0.05) is 32.1 Å². The number of carbonyl (C=O) groups is 1. The number of hydrogen-bond acceptors (Lipinski definition) is 4. The third-order valence-corrected chi connectivity index (χ3v) is 4.34. The number of carbonyl (C=O) groups excluding carboxylic acids is 1. The van der Waals surface area contributed by atoms with E-state index in [-0.39, 0.29) is 11.8 Å². The van der Waals surface area contributed by atoms with Gasteiger partial charge in [-0.05, 0) is 31.0 Å². The number of aromatic nitrogens is 1. The van der Waals surface area contributed by atoms with Gasteiger partial charge in [0.1, 0.15) is 5.52 Å². The van der Waals surface area contributed by atoms with E-state index in [4.69, 9.17) is 4.42 Å². The molecule has 0 unspecified atom stereocenters. The van der Waals surface area contributed by atoms with Crippen molar-refractivity contribution in [3.05, 3.63) is 29.7 Å². The van der Waals surface area contributed by atoms with Crippen LogP contribution in [0.25, 0.3) is 11.1 Å². The molecule has 2 aromatic rings. The first-order chi connectivity index (χ1) is 11.0. The van der Waals surface area contributed by atoms with Crippen LogP contribution in [0.4, 0.5) is 0 Å². The Bertz CT molecular complexity index is 693. The summed E-state index contributed by atoms with van der Waals surface area (Å²) in [6.45, 7) is 10.2. The first-order valence-electron chi connectivity index (χ1n) is 8.40. The molecule has 3 rings (SSSR count). The third kappa shape index (κ3) is 3.72. The van der Waals surface area contributed by atoms with E-state index in [1.165, 1.54) is 5.56 Å². The van der Waals surface area contributed by atoms with Crippen LogP contribution < -0.4 is 0 Å². The van der Waals surface area contributed by atoms with E-state index in [0.29, 0.717) is 6.54 Å². The van der Waals surface area contributed by atoms with Gasteiger partial charge in [-0.1, -0.05) is 19.9 Å². The van der Waals surface area contributed by atoms with Gasteiger partial charge in [0.05, 0.1) is 6.54 Å². The lowest BCUT2D eigenvalue weighted by molar-refractivity contribution is -0.134. The molecule has 0 atom stereocenters. The number of hydrogen-bond donors (Lipinski definition) is 0. The van der Waals surface area contributed by atoms with Gasteiger partial charge >= 0.3 is 0 Å². The maximum atomic E-state index is 12.1. The van der Waals surface area contributed by atoms with Crippen LogP contribution in [0.5, 0.6) is 0 Å². The third-order valence-electron chi connectivity index (χ3n) is 4.34. The van der Waals surface area contributed by atoms with Crippen molar-refractivity contribution in [3.8, 4) is 0 Å². The predicted octanol–water partition coefficient (Wildman–Crippen LogP) is 2.83. The molecule has 124 valence electrons. The lowest BCUT2D eigenvalue weighted by atomic mass is 10.2. The lowest BCUT2D eigenvalue weighted by Gasteiger charge is -2.23. The minimum atomic E-state index is 0.0711. The van der Waals surface area contributed by atoms with Crippen LogP contribution in [0.15, 0.2) is 22.6 Å². The zero-order valence-electron chi connectivity index (χ0n) is 14.2. The van der Waals surface area contributed by atoms with Gasteiger partial charge in [-0.3, -0.25) is 9.69 Å². The molecule has 0 radical (unpaired) electrons. The quantitative estimate of drug-likeness (QED) is 0.874. The molecule has 2 heterocycles. The van der Waals surface area contributed by atoms with E-state index in [2.05, 4.69) is 22.9 Å². The number of nitrogens with zero attached hydrogens (tertiary/aromatic N) is 3. The molecule has 23 heavy (non-hydrogen) atoms. The summed E-state index contributed by atoms with van der Waals surface area (Å²) in [5.74, 6) is 1.08. The zero-order valence-corrected chi connectivity index (χ0v) is 14.2. The fourth-order valence-electron chi connectivity index (χ4n) is 3.05. The van der Waals surface area contributed by atoms with E-state index in [9.17, 15) is 4.79 Å². The van der Waals surface area contributed by atoms with E-state index in [1.54, 1.807) is 0 Å². The second-order valence-corrected chi connectivity index (χ2v) is 6.69. The van der Waals surface area contributed by atoms with Gasteiger partial charge < -0.3 is 9.32 Å². The molecule has 0 spiro atoms. The maximum absolute atomic E-state index is 12.1. The van der Waals surface area contributed by atoms with Crippen LogP contribution in [0.1, 0.15) is 31.7 Å². The Morgan fingerprint density at radius 3 is 2.87 bits per heavy atom. The highest BCUT2D eigenvalue weighted by molar-refractivity contribution is 5.78. The molecular formula is C18H25N3O2. The normalized spacial score (nSPS) is 17.0. The molecule has 1 amide bonds. The van der Waals surface area contributed by atoms with Crippen molar-refractivity contribution in [2.75, 3.05) is 26.2 Å². The van der Waals surface area contributed by atoms with Crippen LogP contribution in [-0.2, 0) is 11.3 Å². The summed E-state index contributed by atoms with van der Waals surface area (Å²) in [5, 5.41) is 0. The van der Waals surface area contributed by atoms with Crippen LogP contribution in [0.3, 0.4) is 0 Å². The van der Waals surface area contributed by atoms with Gasteiger partial charge in [0.25, 0.3) is 0 Å². The number of benzene rings is 1. The second kappa shape index (κ2) is 6.71. The first kappa shape index (κ1) is 16.0. The fraction of sp³-hybridized carbons (Fsp3) is 0.556. The molecule has 1 aliphatic rings. The smallest absolute Gasteiger partial charge is 0.225 e. The SMILES string of the molecule is Cc1ccc2nc(CN3CCCN(C(=O)C(C)C)CC3)oc2c1. The summed E-state index contributed by atoms with van der Waals surface area (Å²) in [4.78, 5) is 21.0. The monoisotopic (exact) mass is 315 g/mol. The van der Waals surface area contributed by atoms with Crippen LogP contribution in [0, 0.1) is 12.8 Å². The van der Waals surface area contributed by atoms with Gasteiger partial charge in [0.2, 0.25) is 11.8 Å². The minimum absolute atomic E-state index is 0.0711.